The molecule has 2 aromatic rings. The van der Waals surface area contributed by atoms with Crippen LogP contribution in [0.2, 0.25) is 0 Å². The van der Waals surface area contributed by atoms with E-state index in [2.05, 4.69) is 20.8 Å². The topological polar surface area (TPSA) is 130 Å². The third kappa shape index (κ3) is 6.32. The van der Waals surface area contributed by atoms with E-state index in [9.17, 15) is 18.0 Å². The molecule has 2 unspecified atom stereocenters. The fourth-order valence-corrected chi connectivity index (χ4v) is 4.94. The van der Waals surface area contributed by atoms with Gasteiger partial charge in [0.05, 0.1) is 17.9 Å². The largest absolute Gasteiger partial charge is 0.450 e. The summed E-state index contributed by atoms with van der Waals surface area (Å²) in [5.41, 5.74) is 2.15. The van der Waals surface area contributed by atoms with Crippen molar-refractivity contribution in [2.45, 2.75) is 62.8 Å². The van der Waals surface area contributed by atoms with Gasteiger partial charge in [-0.25, -0.2) is 13.2 Å². The van der Waals surface area contributed by atoms with Crippen molar-refractivity contribution in [3.05, 3.63) is 41.1 Å². The first kappa shape index (κ1) is 23.8. The van der Waals surface area contributed by atoms with Crippen LogP contribution in [-0.4, -0.2) is 49.5 Å². The lowest BCUT2D eigenvalue weighted by Crippen LogP contribution is -2.33. The minimum absolute atomic E-state index is 0.0432. The van der Waals surface area contributed by atoms with Gasteiger partial charge in [0, 0.05) is 30.0 Å². The lowest BCUT2D eigenvalue weighted by atomic mass is 10.0. The summed E-state index contributed by atoms with van der Waals surface area (Å²) in [6.07, 6.45) is 3.95. The molecule has 10 heteroatoms. The van der Waals surface area contributed by atoms with Crippen LogP contribution in [0.3, 0.4) is 0 Å². The Kier molecular flexibility index (Phi) is 7.55. The van der Waals surface area contributed by atoms with Crippen molar-refractivity contribution in [2.24, 2.45) is 0 Å². The molecule has 1 heterocycles. The minimum atomic E-state index is -3.44. The highest BCUT2D eigenvalue weighted by atomic mass is 32.2. The number of carbonyl (C=O) groups is 2. The molecule has 3 N–H and O–H groups in total. The van der Waals surface area contributed by atoms with Crippen molar-refractivity contribution in [2.75, 3.05) is 18.2 Å². The fraction of sp³-hybridized carbons (Fsp3) is 0.500. The number of sulfone groups is 1. The molecular formula is C22H30N4O5S. The van der Waals surface area contributed by atoms with Crippen LogP contribution in [-0.2, 0) is 25.8 Å². The van der Waals surface area contributed by atoms with E-state index in [1.807, 2.05) is 6.92 Å². The van der Waals surface area contributed by atoms with Crippen molar-refractivity contribution in [3.8, 4) is 0 Å². The molecule has 3 rings (SSSR count). The first-order valence-electron chi connectivity index (χ1n) is 10.7. The molecule has 2 amide bonds. The molecule has 0 radical (unpaired) electrons. The zero-order chi connectivity index (χ0) is 23.3. The maximum Gasteiger partial charge on any atom is 0.407 e. The highest BCUT2D eigenvalue weighted by Gasteiger charge is 2.29. The Hall–Kier alpha value is -2.88. The van der Waals surface area contributed by atoms with Crippen LogP contribution in [0, 0.1) is 6.92 Å². The van der Waals surface area contributed by atoms with Gasteiger partial charge in [0.1, 0.15) is 0 Å². The van der Waals surface area contributed by atoms with Crippen molar-refractivity contribution >= 4 is 27.7 Å². The molecular weight excluding hydrogens is 432 g/mol. The van der Waals surface area contributed by atoms with Crippen LogP contribution in [0.15, 0.2) is 29.2 Å². The predicted octanol–water partition coefficient (Wildman–Crippen LogP) is 3.08. The molecule has 1 aliphatic rings. The number of aromatic nitrogens is 2. The summed E-state index contributed by atoms with van der Waals surface area (Å²) in [6.45, 7) is 4.15. The van der Waals surface area contributed by atoms with Gasteiger partial charge in [-0.15, -0.1) is 0 Å². The molecule has 1 aromatic carbocycles. The van der Waals surface area contributed by atoms with Crippen LogP contribution < -0.4 is 10.6 Å². The highest BCUT2D eigenvalue weighted by Crippen LogP contribution is 2.34. The van der Waals surface area contributed by atoms with Gasteiger partial charge in [-0.05, 0) is 49.8 Å². The van der Waals surface area contributed by atoms with E-state index in [1.165, 1.54) is 0 Å². The van der Waals surface area contributed by atoms with E-state index in [-0.39, 0.29) is 35.3 Å². The number of rotatable bonds is 8. The Morgan fingerprint density at radius 3 is 2.75 bits per heavy atom. The molecule has 0 bridgehead atoms. The number of amides is 2. The summed E-state index contributed by atoms with van der Waals surface area (Å²) in [5.74, 6) is 0.233. The Bertz CT molecular complexity index is 1080. The second-order valence-electron chi connectivity index (χ2n) is 8.30. The molecule has 1 fully saturated rings. The van der Waals surface area contributed by atoms with E-state index in [1.54, 1.807) is 31.2 Å². The molecule has 9 nitrogen and oxygen atoms in total. The Labute approximate surface area is 188 Å². The summed E-state index contributed by atoms with van der Waals surface area (Å²) in [4.78, 5) is 24.4. The molecule has 174 valence electrons. The zero-order valence-corrected chi connectivity index (χ0v) is 19.4. The summed E-state index contributed by atoms with van der Waals surface area (Å²) < 4.78 is 29.2. The van der Waals surface area contributed by atoms with Crippen LogP contribution >= 0.6 is 0 Å². The minimum Gasteiger partial charge on any atom is -0.450 e. The lowest BCUT2D eigenvalue weighted by Gasteiger charge is -2.12. The van der Waals surface area contributed by atoms with E-state index in [0.29, 0.717) is 18.0 Å². The van der Waals surface area contributed by atoms with Crippen molar-refractivity contribution in [1.29, 1.82) is 0 Å². The number of benzene rings is 1. The van der Waals surface area contributed by atoms with E-state index >= 15 is 0 Å². The van der Waals surface area contributed by atoms with E-state index in [4.69, 9.17) is 4.74 Å². The molecule has 1 aromatic heterocycles. The number of aryl methyl sites for hydroxylation is 1. The maximum absolute atomic E-state index is 12.5. The number of nitrogens with one attached hydrogen (secondary N) is 3. The average Bonchev–Trinajstić information content (AvgIpc) is 3.36. The van der Waals surface area contributed by atoms with E-state index in [0.717, 1.165) is 43.2 Å². The highest BCUT2D eigenvalue weighted by molar-refractivity contribution is 7.90. The first-order valence-corrected chi connectivity index (χ1v) is 12.6. The van der Waals surface area contributed by atoms with Gasteiger partial charge in [0.25, 0.3) is 0 Å². The Balaban J connectivity index is 1.57. The Morgan fingerprint density at radius 2 is 2.03 bits per heavy atom. The van der Waals surface area contributed by atoms with Crippen LogP contribution in [0.1, 0.15) is 55.3 Å². The lowest BCUT2D eigenvalue weighted by molar-refractivity contribution is -0.115. The number of carbonyl (C=O) groups excluding carboxylic acids is 2. The summed E-state index contributed by atoms with van der Waals surface area (Å²) in [7, 11) is -3.44. The van der Waals surface area contributed by atoms with Crippen molar-refractivity contribution in [1.82, 2.24) is 15.5 Å². The average molecular weight is 463 g/mol. The zero-order valence-electron chi connectivity index (χ0n) is 18.6. The van der Waals surface area contributed by atoms with Crippen molar-refractivity contribution in [3.63, 3.8) is 0 Å². The number of nitrogens with zero attached hydrogens (tertiary/aromatic N) is 1. The summed E-state index contributed by atoms with van der Waals surface area (Å²) in [5, 5.41) is 12.7. The molecule has 1 saturated carbocycles. The fourth-order valence-electron chi connectivity index (χ4n) is 3.92. The van der Waals surface area contributed by atoms with Gasteiger partial charge in [0.2, 0.25) is 5.91 Å². The summed E-state index contributed by atoms with van der Waals surface area (Å²) >= 11 is 0. The molecule has 0 spiro atoms. The molecule has 0 saturated heterocycles. The van der Waals surface area contributed by atoms with Gasteiger partial charge in [-0.2, -0.15) is 5.10 Å². The number of ether oxygens (including phenoxy) is 1. The third-order valence-electron chi connectivity index (χ3n) is 5.47. The smallest absolute Gasteiger partial charge is 0.407 e. The maximum atomic E-state index is 12.5. The van der Waals surface area contributed by atoms with Gasteiger partial charge in [0.15, 0.2) is 15.7 Å². The normalized spacial score (nSPS) is 18.3. The number of hydrogen-bond acceptors (Lipinski definition) is 6. The number of aromatic amines is 1. The predicted molar refractivity (Wildman–Crippen MR) is 120 cm³/mol. The van der Waals surface area contributed by atoms with Crippen LogP contribution in [0.4, 0.5) is 10.6 Å². The molecule has 1 aliphatic carbocycles. The van der Waals surface area contributed by atoms with Crippen LogP contribution in [0.5, 0.6) is 0 Å². The molecule has 32 heavy (non-hydrogen) atoms. The SMILES string of the molecule is CCCOC(=O)NC1CCC(c2cc(NC(=O)Cc3ccc(C)cc3S(C)(=O)=O)n[nH]2)C1. The second kappa shape index (κ2) is 10.2. The van der Waals surface area contributed by atoms with Gasteiger partial charge < -0.3 is 15.4 Å². The van der Waals surface area contributed by atoms with Crippen LogP contribution in [0.25, 0.3) is 0 Å². The van der Waals surface area contributed by atoms with Gasteiger partial charge in [-0.1, -0.05) is 19.1 Å². The third-order valence-corrected chi connectivity index (χ3v) is 6.65. The monoisotopic (exact) mass is 462 g/mol. The van der Waals surface area contributed by atoms with Crippen molar-refractivity contribution < 1.29 is 22.7 Å². The number of hydrogen-bond donors (Lipinski definition) is 3. The first-order chi connectivity index (χ1) is 15.2. The number of H-pyrrole nitrogens is 1. The molecule has 2 atom stereocenters. The Morgan fingerprint density at radius 1 is 1.25 bits per heavy atom. The van der Waals surface area contributed by atoms with Gasteiger partial charge >= 0.3 is 6.09 Å². The van der Waals surface area contributed by atoms with E-state index < -0.39 is 9.84 Å². The molecule has 0 aliphatic heterocycles. The summed E-state index contributed by atoms with van der Waals surface area (Å²) in [6, 6.07) is 6.85. The second-order valence-corrected chi connectivity index (χ2v) is 10.3. The number of anilines is 1. The quantitative estimate of drug-likeness (QED) is 0.553. The standard InChI is InChI=1S/C22H30N4O5S/c1-4-9-31-22(28)23-17-8-7-15(11-17)18-13-20(26-25-18)24-21(27)12-16-6-5-14(2)10-19(16)32(3,29)30/h5-6,10,13,15,17H,4,7-9,11-12H2,1-3H3,(H,23,28)(H2,24,25,26,27). The van der Waals surface area contributed by atoms with Gasteiger partial charge in [-0.3, -0.25) is 9.89 Å². The number of alkyl carbamates (subject to hydrolysis) is 1.